The maximum absolute atomic E-state index is 9.02. The van der Waals surface area contributed by atoms with Crippen LogP contribution in [0.1, 0.15) is 36.8 Å². The van der Waals surface area contributed by atoms with Crippen LogP contribution in [0.15, 0.2) is 16.5 Å². The number of hydrogen-bond donors (Lipinski definition) is 1. The Morgan fingerprint density at radius 1 is 1.50 bits per heavy atom. The lowest BCUT2D eigenvalue weighted by atomic mass is 10.1. The first-order valence-electron chi connectivity index (χ1n) is 5.19. The van der Waals surface area contributed by atoms with E-state index in [-0.39, 0.29) is 5.92 Å². The fraction of sp³-hybridized carbons (Fsp3) is 0.333. The second kappa shape index (κ2) is 3.95. The summed E-state index contributed by atoms with van der Waals surface area (Å²) in [6, 6.07) is 5.72. The van der Waals surface area contributed by atoms with Crippen molar-refractivity contribution in [1.82, 2.24) is 4.98 Å². The minimum absolute atomic E-state index is 0.209. The van der Waals surface area contributed by atoms with Crippen LogP contribution in [0.4, 0.5) is 0 Å². The van der Waals surface area contributed by atoms with Crippen molar-refractivity contribution in [3.8, 4) is 6.07 Å². The Labute approximate surface area is 93.7 Å². The summed E-state index contributed by atoms with van der Waals surface area (Å²) in [6.07, 6.45) is 0. The van der Waals surface area contributed by atoms with Gasteiger partial charge in [-0.3, -0.25) is 0 Å². The molecule has 0 aliphatic rings. The van der Waals surface area contributed by atoms with Crippen LogP contribution < -0.4 is 5.73 Å². The summed E-state index contributed by atoms with van der Waals surface area (Å²) in [5, 5.41) is 9.02. The molecule has 16 heavy (non-hydrogen) atoms. The van der Waals surface area contributed by atoms with Gasteiger partial charge in [-0.2, -0.15) is 5.26 Å². The van der Waals surface area contributed by atoms with Gasteiger partial charge >= 0.3 is 0 Å². The monoisotopic (exact) mass is 215 g/mol. The van der Waals surface area contributed by atoms with E-state index in [2.05, 4.69) is 11.1 Å². The maximum Gasteiger partial charge on any atom is 0.198 e. The molecule has 2 aromatic rings. The predicted octanol–water partition coefficient (Wildman–Crippen LogP) is 2.28. The van der Waals surface area contributed by atoms with Gasteiger partial charge in [-0.05, 0) is 17.7 Å². The van der Waals surface area contributed by atoms with Crippen molar-refractivity contribution in [3.05, 3.63) is 29.2 Å². The number of nitrogens with zero attached hydrogens (tertiary/aromatic N) is 2. The van der Waals surface area contributed by atoms with Gasteiger partial charge in [0.15, 0.2) is 11.5 Å². The fourth-order valence-corrected chi connectivity index (χ4v) is 1.56. The zero-order valence-electron chi connectivity index (χ0n) is 9.32. The molecule has 0 saturated carbocycles. The van der Waals surface area contributed by atoms with Crippen molar-refractivity contribution < 1.29 is 4.42 Å². The Kier molecular flexibility index (Phi) is 2.63. The van der Waals surface area contributed by atoms with E-state index in [1.807, 2.05) is 19.9 Å². The van der Waals surface area contributed by atoms with Crippen molar-refractivity contribution in [1.29, 1.82) is 5.26 Å². The SMILES string of the molecule is CC(C)c1nc2cc(CN)cc(C#N)c2o1. The van der Waals surface area contributed by atoms with Crippen molar-refractivity contribution in [3.63, 3.8) is 0 Å². The summed E-state index contributed by atoms with van der Waals surface area (Å²) in [4.78, 5) is 4.36. The highest BCUT2D eigenvalue weighted by atomic mass is 16.3. The summed E-state index contributed by atoms with van der Waals surface area (Å²) in [7, 11) is 0. The van der Waals surface area contributed by atoms with Gasteiger partial charge in [0.1, 0.15) is 11.6 Å². The van der Waals surface area contributed by atoms with Gasteiger partial charge in [0.2, 0.25) is 0 Å². The number of nitrogens with two attached hydrogens (primary N) is 1. The third-order valence-electron chi connectivity index (χ3n) is 2.42. The zero-order valence-corrected chi connectivity index (χ0v) is 9.32. The number of hydrogen-bond acceptors (Lipinski definition) is 4. The first-order chi connectivity index (χ1) is 7.65. The number of rotatable bonds is 2. The third kappa shape index (κ3) is 1.66. The average Bonchev–Trinajstić information content (AvgIpc) is 2.71. The molecule has 0 radical (unpaired) electrons. The van der Waals surface area contributed by atoms with E-state index in [4.69, 9.17) is 15.4 Å². The Balaban J connectivity index is 2.71. The molecule has 4 nitrogen and oxygen atoms in total. The molecule has 0 saturated heterocycles. The van der Waals surface area contributed by atoms with Gasteiger partial charge in [0, 0.05) is 12.5 Å². The molecule has 1 aromatic heterocycles. The lowest BCUT2D eigenvalue weighted by molar-refractivity contribution is 0.501. The molecule has 0 spiro atoms. The summed E-state index contributed by atoms with van der Waals surface area (Å²) in [5.74, 6) is 0.862. The molecule has 0 atom stereocenters. The third-order valence-corrected chi connectivity index (χ3v) is 2.42. The van der Waals surface area contributed by atoms with Crippen molar-refractivity contribution >= 4 is 11.1 Å². The lowest BCUT2D eigenvalue weighted by Crippen LogP contribution is -1.96. The quantitative estimate of drug-likeness (QED) is 0.833. The van der Waals surface area contributed by atoms with E-state index in [0.29, 0.717) is 29.1 Å². The molecule has 4 heteroatoms. The van der Waals surface area contributed by atoms with E-state index >= 15 is 0 Å². The van der Waals surface area contributed by atoms with Crippen LogP contribution in [0.25, 0.3) is 11.1 Å². The highest BCUT2D eigenvalue weighted by molar-refractivity contribution is 5.80. The molecule has 2 N–H and O–H groups in total. The number of oxazole rings is 1. The van der Waals surface area contributed by atoms with E-state index in [9.17, 15) is 0 Å². The molecule has 2 rings (SSSR count). The van der Waals surface area contributed by atoms with E-state index < -0.39 is 0 Å². The molecule has 0 bridgehead atoms. The van der Waals surface area contributed by atoms with Gasteiger partial charge in [0.25, 0.3) is 0 Å². The standard InChI is InChI=1S/C12H13N3O/c1-7(2)12-15-10-4-8(5-13)3-9(6-14)11(10)16-12/h3-4,7H,5,13H2,1-2H3. The van der Waals surface area contributed by atoms with Crippen LogP contribution in [0.5, 0.6) is 0 Å². The normalized spacial score (nSPS) is 10.9. The molecule has 1 heterocycles. The Morgan fingerprint density at radius 2 is 2.25 bits per heavy atom. The maximum atomic E-state index is 9.02. The van der Waals surface area contributed by atoms with Crippen LogP contribution >= 0.6 is 0 Å². The van der Waals surface area contributed by atoms with Crippen molar-refractivity contribution in [2.24, 2.45) is 5.73 Å². The summed E-state index contributed by atoms with van der Waals surface area (Å²) < 4.78 is 5.58. The number of aromatic nitrogens is 1. The highest BCUT2D eigenvalue weighted by Crippen LogP contribution is 2.25. The van der Waals surface area contributed by atoms with Gasteiger partial charge in [-0.25, -0.2) is 4.98 Å². The molecule has 0 unspecified atom stereocenters. The van der Waals surface area contributed by atoms with Crippen molar-refractivity contribution in [2.75, 3.05) is 0 Å². The summed E-state index contributed by atoms with van der Waals surface area (Å²) in [6.45, 7) is 4.40. The zero-order chi connectivity index (χ0) is 11.7. The second-order valence-corrected chi connectivity index (χ2v) is 4.01. The molecule has 1 aromatic carbocycles. The van der Waals surface area contributed by atoms with Gasteiger partial charge in [-0.1, -0.05) is 13.8 Å². The summed E-state index contributed by atoms with van der Waals surface area (Å²) >= 11 is 0. The fourth-order valence-electron chi connectivity index (χ4n) is 1.56. The predicted molar refractivity (Wildman–Crippen MR) is 60.7 cm³/mol. The van der Waals surface area contributed by atoms with Crippen molar-refractivity contribution in [2.45, 2.75) is 26.3 Å². The molecule has 0 aliphatic heterocycles. The van der Waals surface area contributed by atoms with Crippen LogP contribution in [0.3, 0.4) is 0 Å². The topological polar surface area (TPSA) is 75.8 Å². The van der Waals surface area contributed by atoms with Crippen LogP contribution in [-0.2, 0) is 6.54 Å². The molecular weight excluding hydrogens is 202 g/mol. The minimum atomic E-state index is 0.209. The number of benzene rings is 1. The molecule has 82 valence electrons. The smallest absolute Gasteiger partial charge is 0.198 e. The molecular formula is C12H13N3O. The molecule has 0 aliphatic carbocycles. The highest BCUT2D eigenvalue weighted by Gasteiger charge is 2.13. The van der Waals surface area contributed by atoms with Crippen LogP contribution in [-0.4, -0.2) is 4.98 Å². The summed E-state index contributed by atoms with van der Waals surface area (Å²) in [5.41, 5.74) is 8.23. The average molecular weight is 215 g/mol. The Bertz CT molecular complexity index is 563. The lowest BCUT2D eigenvalue weighted by Gasteiger charge is -1.96. The molecule has 0 amide bonds. The second-order valence-electron chi connectivity index (χ2n) is 4.01. The Hall–Kier alpha value is -1.86. The van der Waals surface area contributed by atoms with E-state index in [1.54, 1.807) is 6.07 Å². The first kappa shape index (κ1) is 10.7. The van der Waals surface area contributed by atoms with E-state index in [1.165, 1.54) is 0 Å². The van der Waals surface area contributed by atoms with E-state index in [0.717, 1.165) is 5.56 Å². The molecule has 0 fully saturated rings. The van der Waals surface area contributed by atoms with Gasteiger partial charge < -0.3 is 10.2 Å². The van der Waals surface area contributed by atoms with Crippen LogP contribution in [0, 0.1) is 11.3 Å². The van der Waals surface area contributed by atoms with Crippen LogP contribution in [0.2, 0.25) is 0 Å². The number of fused-ring (bicyclic) bond motifs is 1. The Morgan fingerprint density at radius 3 is 2.81 bits per heavy atom. The largest absolute Gasteiger partial charge is 0.439 e. The van der Waals surface area contributed by atoms with Gasteiger partial charge in [0.05, 0.1) is 5.56 Å². The minimum Gasteiger partial charge on any atom is -0.439 e. The van der Waals surface area contributed by atoms with Gasteiger partial charge in [-0.15, -0.1) is 0 Å². The first-order valence-corrected chi connectivity index (χ1v) is 5.19. The number of nitriles is 1.